The van der Waals surface area contributed by atoms with Crippen LogP contribution in [0.2, 0.25) is 0 Å². The second kappa shape index (κ2) is 5.84. The van der Waals surface area contributed by atoms with Crippen molar-refractivity contribution < 1.29 is 5.11 Å². The lowest BCUT2D eigenvalue weighted by molar-refractivity contribution is 0.237. The van der Waals surface area contributed by atoms with Gasteiger partial charge in [-0.15, -0.1) is 0 Å². The molecule has 0 aromatic carbocycles. The maximum absolute atomic E-state index is 9.20. The molecule has 2 rings (SSSR count). The fraction of sp³-hybridized carbons (Fsp3) is 0.929. The largest absolute Gasteiger partial charge is 0.396 e. The Bertz CT molecular complexity index is 280. The predicted molar refractivity (Wildman–Crippen MR) is 67.3 cm³/mol. The van der Waals surface area contributed by atoms with Crippen LogP contribution in [0.25, 0.3) is 0 Å². The molecule has 0 bridgehead atoms. The molecule has 2 fully saturated rings. The zero-order chi connectivity index (χ0) is 12.1. The number of rotatable bonds is 5. The number of nitrogens with zero attached hydrogens (tertiary/aromatic N) is 1. The molecule has 3 nitrogen and oxygen atoms in total. The van der Waals surface area contributed by atoms with Crippen LogP contribution in [0.5, 0.6) is 0 Å². The first-order valence-electron chi connectivity index (χ1n) is 7.03. The summed E-state index contributed by atoms with van der Waals surface area (Å²) in [6.07, 6.45) is 9.34. The number of hydrogen-bond donors (Lipinski definition) is 2. The number of aliphatic hydroxyl groups is 1. The van der Waals surface area contributed by atoms with E-state index in [4.69, 9.17) is 5.11 Å². The average molecular weight is 236 g/mol. The number of hydrogen-bond acceptors (Lipinski definition) is 3. The first-order valence-corrected chi connectivity index (χ1v) is 7.03. The zero-order valence-electron chi connectivity index (χ0n) is 10.6. The van der Waals surface area contributed by atoms with Crippen molar-refractivity contribution in [2.45, 2.75) is 57.4 Å². The summed E-state index contributed by atoms with van der Waals surface area (Å²) in [5, 5.41) is 21.9. The lowest BCUT2D eigenvalue weighted by Crippen LogP contribution is -2.38. The molecule has 0 saturated heterocycles. The fourth-order valence-electron chi connectivity index (χ4n) is 2.98. The summed E-state index contributed by atoms with van der Waals surface area (Å²) in [4.78, 5) is 0. The Morgan fingerprint density at radius 3 is 2.65 bits per heavy atom. The van der Waals surface area contributed by atoms with E-state index in [1.54, 1.807) is 0 Å². The minimum Gasteiger partial charge on any atom is -0.396 e. The number of nitriles is 1. The second-order valence-electron chi connectivity index (χ2n) is 5.83. The summed E-state index contributed by atoms with van der Waals surface area (Å²) in [7, 11) is 0. The predicted octanol–water partition coefficient (Wildman–Crippen LogP) is 2.21. The third-order valence-electron chi connectivity index (χ3n) is 4.52. The van der Waals surface area contributed by atoms with Crippen molar-refractivity contribution in [3.05, 3.63) is 0 Å². The van der Waals surface area contributed by atoms with Gasteiger partial charge >= 0.3 is 0 Å². The van der Waals surface area contributed by atoms with Crippen molar-refractivity contribution in [1.29, 1.82) is 5.26 Å². The lowest BCUT2D eigenvalue weighted by Gasteiger charge is -2.24. The Morgan fingerprint density at radius 2 is 2.00 bits per heavy atom. The van der Waals surface area contributed by atoms with E-state index in [1.165, 1.54) is 32.1 Å². The molecule has 2 unspecified atom stereocenters. The summed E-state index contributed by atoms with van der Waals surface area (Å²) >= 11 is 0. The van der Waals surface area contributed by atoms with E-state index in [0.29, 0.717) is 18.1 Å². The minimum absolute atomic E-state index is 0.197. The highest BCUT2D eigenvalue weighted by atomic mass is 16.3. The lowest BCUT2D eigenvalue weighted by atomic mass is 9.94. The van der Waals surface area contributed by atoms with Gasteiger partial charge in [0.25, 0.3) is 0 Å². The average Bonchev–Trinajstić information content (AvgIpc) is 3.11. The van der Waals surface area contributed by atoms with E-state index in [9.17, 15) is 5.26 Å². The van der Waals surface area contributed by atoms with E-state index >= 15 is 0 Å². The van der Waals surface area contributed by atoms with Crippen molar-refractivity contribution in [2.24, 2.45) is 11.3 Å². The molecular formula is C14H24N2O. The van der Waals surface area contributed by atoms with E-state index < -0.39 is 0 Å². The van der Waals surface area contributed by atoms with Crippen LogP contribution >= 0.6 is 0 Å². The van der Waals surface area contributed by atoms with E-state index in [2.05, 4.69) is 11.4 Å². The Hall–Kier alpha value is -0.590. The third-order valence-corrected chi connectivity index (χ3v) is 4.52. The quantitative estimate of drug-likeness (QED) is 0.720. The molecule has 2 atom stereocenters. The molecule has 2 aliphatic carbocycles. The van der Waals surface area contributed by atoms with Gasteiger partial charge in [-0.3, -0.25) is 0 Å². The van der Waals surface area contributed by atoms with Gasteiger partial charge in [0, 0.05) is 19.2 Å². The van der Waals surface area contributed by atoms with E-state index in [-0.39, 0.29) is 5.92 Å². The monoisotopic (exact) mass is 236 g/mol. The molecule has 0 aromatic rings. The summed E-state index contributed by atoms with van der Waals surface area (Å²) in [5.74, 6) is 0.197. The molecule has 2 N–H and O–H groups in total. The van der Waals surface area contributed by atoms with Gasteiger partial charge in [0.05, 0.1) is 12.0 Å². The molecule has 0 aromatic heterocycles. The molecule has 0 amide bonds. The summed E-state index contributed by atoms with van der Waals surface area (Å²) in [6.45, 7) is 1.30. The molecule has 2 saturated carbocycles. The summed E-state index contributed by atoms with van der Waals surface area (Å²) in [6, 6.07) is 2.86. The molecule has 0 aliphatic heterocycles. The standard InChI is InChI=1S/C14H24N2O/c15-10-12-4-2-1-3-5-13(12)16-11-14(6-7-14)8-9-17/h12-13,16-17H,1-9,11H2. The van der Waals surface area contributed by atoms with Crippen molar-refractivity contribution in [2.75, 3.05) is 13.2 Å². The SMILES string of the molecule is N#CC1CCCCCC1NCC1(CCO)CC1. The summed E-state index contributed by atoms with van der Waals surface area (Å²) in [5.41, 5.74) is 0.362. The van der Waals surface area contributed by atoms with E-state index in [0.717, 1.165) is 25.8 Å². The molecule has 96 valence electrons. The van der Waals surface area contributed by atoms with Crippen LogP contribution < -0.4 is 5.32 Å². The van der Waals surface area contributed by atoms with Crippen molar-refractivity contribution in [3.63, 3.8) is 0 Å². The zero-order valence-corrected chi connectivity index (χ0v) is 10.6. The van der Waals surface area contributed by atoms with Gasteiger partial charge in [-0.05, 0) is 37.5 Å². The molecule has 0 radical (unpaired) electrons. The maximum Gasteiger partial charge on any atom is 0.0672 e. The van der Waals surface area contributed by atoms with Crippen molar-refractivity contribution >= 4 is 0 Å². The van der Waals surface area contributed by atoms with Crippen LogP contribution in [0, 0.1) is 22.7 Å². The second-order valence-corrected chi connectivity index (χ2v) is 5.83. The van der Waals surface area contributed by atoms with Gasteiger partial charge in [-0.25, -0.2) is 0 Å². The topological polar surface area (TPSA) is 56.0 Å². The van der Waals surface area contributed by atoms with Crippen LogP contribution in [0.1, 0.15) is 51.4 Å². The van der Waals surface area contributed by atoms with Crippen LogP contribution in [-0.2, 0) is 0 Å². The number of aliphatic hydroxyl groups excluding tert-OH is 1. The van der Waals surface area contributed by atoms with Crippen molar-refractivity contribution in [3.8, 4) is 6.07 Å². The Morgan fingerprint density at radius 1 is 1.24 bits per heavy atom. The molecule has 0 spiro atoms. The van der Waals surface area contributed by atoms with Crippen LogP contribution in [0.3, 0.4) is 0 Å². The van der Waals surface area contributed by atoms with Crippen molar-refractivity contribution in [1.82, 2.24) is 5.32 Å². The normalized spacial score (nSPS) is 31.5. The van der Waals surface area contributed by atoms with Gasteiger partial charge in [-0.1, -0.05) is 19.3 Å². The molecule has 3 heteroatoms. The highest BCUT2D eigenvalue weighted by molar-refractivity contribution is 4.98. The first kappa shape index (κ1) is 12.9. The Balaban J connectivity index is 1.82. The molecule has 0 heterocycles. The van der Waals surface area contributed by atoms with Gasteiger partial charge in [0.1, 0.15) is 0 Å². The molecular weight excluding hydrogens is 212 g/mol. The van der Waals surface area contributed by atoms with Gasteiger partial charge in [-0.2, -0.15) is 5.26 Å². The Labute approximate surface area is 104 Å². The fourth-order valence-corrected chi connectivity index (χ4v) is 2.98. The van der Waals surface area contributed by atoms with Gasteiger partial charge in [0.15, 0.2) is 0 Å². The van der Waals surface area contributed by atoms with Gasteiger partial charge < -0.3 is 10.4 Å². The maximum atomic E-state index is 9.20. The Kier molecular flexibility index (Phi) is 4.42. The highest BCUT2D eigenvalue weighted by Crippen LogP contribution is 2.48. The first-order chi connectivity index (χ1) is 8.29. The minimum atomic E-state index is 0.197. The van der Waals surface area contributed by atoms with Crippen LogP contribution in [-0.4, -0.2) is 24.3 Å². The molecule has 2 aliphatic rings. The molecule has 17 heavy (non-hydrogen) atoms. The number of nitrogens with one attached hydrogen (secondary N) is 1. The third kappa shape index (κ3) is 3.43. The van der Waals surface area contributed by atoms with E-state index in [1.807, 2.05) is 0 Å². The van der Waals surface area contributed by atoms with Gasteiger partial charge in [0.2, 0.25) is 0 Å². The smallest absolute Gasteiger partial charge is 0.0672 e. The summed E-state index contributed by atoms with van der Waals surface area (Å²) < 4.78 is 0. The highest BCUT2D eigenvalue weighted by Gasteiger charge is 2.42. The van der Waals surface area contributed by atoms with Crippen LogP contribution in [0.15, 0.2) is 0 Å². The van der Waals surface area contributed by atoms with Crippen LogP contribution in [0.4, 0.5) is 0 Å².